The molecule has 1 aromatic heterocycles. The maximum atomic E-state index is 12.8. The summed E-state index contributed by atoms with van der Waals surface area (Å²) in [6.45, 7) is 5.34. The number of urea groups is 1. The van der Waals surface area contributed by atoms with Gasteiger partial charge in [-0.15, -0.1) is 0 Å². The van der Waals surface area contributed by atoms with E-state index in [9.17, 15) is 9.59 Å². The lowest BCUT2D eigenvalue weighted by atomic mass is 9.85. The number of likely N-dealkylation sites (tertiary alicyclic amines) is 1. The van der Waals surface area contributed by atoms with Gasteiger partial charge in [-0.2, -0.15) is 5.10 Å². The van der Waals surface area contributed by atoms with Gasteiger partial charge in [0.2, 0.25) is 0 Å². The van der Waals surface area contributed by atoms with Gasteiger partial charge in [-0.05, 0) is 19.8 Å². The van der Waals surface area contributed by atoms with Crippen LogP contribution in [0.25, 0.3) is 0 Å². The van der Waals surface area contributed by atoms with E-state index in [1.807, 2.05) is 17.9 Å². The van der Waals surface area contributed by atoms with Gasteiger partial charge in [-0.1, -0.05) is 0 Å². The number of nitrogens with zero attached hydrogens (tertiary/aromatic N) is 5. The van der Waals surface area contributed by atoms with Gasteiger partial charge in [0.05, 0.1) is 12.8 Å². The van der Waals surface area contributed by atoms with E-state index in [0.717, 1.165) is 25.3 Å². The lowest BCUT2D eigenvalue weighted by Gasteiger charge is -2.42. The lowest BCUT2D eigenvalue weighted by Crippen LogP contribution is -2.57. The molecule has 3 heterocycles. The predicted molar refractivity (Wildman–Crippen MR) is 91.9 cm³/mol. The molecule has 3 amide bonds. The van der Waals surface area contributed by atoms with E-state index < -0.39 is 5.54 Å². The molecule has 2 fully saturated rings. The van der Waals surface area contributed by atoms with Gasteiger partial charge in [-0.25, -0.2) is 4.79 Å². The fourth-order valence-corrected chi connectivity index (χ4v) is 3.88. The molecule has 1 aromatic rings. The highest BCUT2D eigenvalue weighted by molar-refractivity contribution is 6.06. The number of carbonyl (C=O) groups excluding carboxylic acids is 2. The summed E-state index contributed by atoms with van der Waals surface area (Å²) in [5, 5.41) is 4.29. The maximum absolute atomic E-state index is 12.8. The van der Waals surface area contributed by atoms with Gasteiger partial charge in [0.15, 0.2) is 0 Å². The standard InChI is InChI=1S/C17H27N5O3/c1-13-14(11-18-20(13)3)12-21-7-5-17(6-8-21)15(23)19(2)16(24)22(17)9-10-25-4/h11H,5-10,12H2,1-4H3. The fourth-order valence-electron chi connectivity index (χ4n) is 3.88. The molecule has 0 N–H and O–H groups in total. The Labute approximate surface area is 148 Å². The van der Waals surface area contributed by atoms with Crippen molar-refractivity contribution >= 4 is 11.9 Å². The van der Waals surface area contributed by atoms with Gasteiger partial charge < -0.3 is 9.64 Å². The topological polar surface area (TPSA) is 70.9 Å². The third kappa shape index (κ3) is 2.93. The number of methoxy groups -OCH3 is 1. The van der Waals surface area contributed by atoms with Gasteiger partial charge in [0.25, 0.3) is 5.91 Å². The smallest absolute Gasteiger partial charge is 0.327 e. The van der Waals surface area contributed by atoms with Gasteiger partial charge in [0, 0.05) is 58.6 Å². The van der Waals surface area contributed by atoms with Gasteiger partial charge in [0.1, 0.15) is 5.54 Å². The van der Waals surface area contributed by atoms with Crippen molar-refractivity contribution in [2.45, 2.75) is 31.8 Å². The lowest BCUT2D eigenvalue weighted by molar-refractivity contribution is -0.135. The molecule has 0 atom stereocenters. The average Bonchev–Trinajstić information content (AvgIpc) is 3.01. The van der Waals surface area contributed by atoms with Gasteiger partial charge in [-0.3, -0.25) is 19.3 Å². The van der Waals surface area contributed by atoms with Crippen molar-refractivity contribution in [3.05, 3.63) is 17.5 Å². The Balaban J connectivity index is 1.71. The summed E-state index contributed by atoms with van der Waals surface area (Å²) in [5.41, 5.74) is 1.67. The Morgan fingerprint density at radius 1 is 1.24 bits per heavy atom. The number of aromatic nitrogens is 2. The Hall–Kier alpha value is -1.93. The van der Waals surface area contributed by atoms with Crippen LogP contribution in [0, 0.1) is 6.92 Å². The molecule has 138 valence electrons. The minimum absolute atomic E-state index is 0.0780. The largest absolute Gasteiger partial charge is 0.383 e. The van der Waals surface area contributed by atoms with E-state index >= 15 is 0 Å². The quantitative estimate of drug-likeness (QED) is 0.728. The first-order valence-corrected chi connectivity index (χ1v) is 8.69. The van der Waals surface area contributed by atoms with Crippen molar-refractivity contribution in [3.63, 3.8) is 0 Å². The van der Waals surface area contributed by atoms with E-state index in [-0.39, 0.29) is 11.9 Å². The van der Waals surface area contributed by atoms with Crippen LogP contribution in [0.4, 0.5) is 4.79 Å². The first-order valence-electron chi connectivity index (χ1n) is 8.69. The number of piperidine rings is 1. The number of ether oxygens (including phenoxy) is 1. The van der Waals surface area contributed by atoms with Crippen molar-refractivity contribution < 1.29 is 14.3 Å². The fraction of sp³-hybridized carbons (Fsp3) is 0.706. The Kier molecular flexibility index (Phi) is 4.83. The SMILES string of the molecule is COCCN1C(=O)N(C)C(=O)C12CCN(Cc1cnn(C)c1C)CC2. The summed E-state index contributed by atoms with van der Waals surface area (Å²) in [4.78, 5) is 30.6. The molecule has 1 spiro atoms. The van der Waals surface area contributed by atoms with Crippen LogP contribution >= 0.6 is 0 Å². The zero-order valence-corrected chi connectivity index (χ0v) is 15.5. The molecular weight excluding hydrogens is 322 g/mol. The number of amides is 3. The first kappa shape index (κ1) is 17.9. The molecule has 8 heteroatoms. The Bertz CT molecular complexity index is 663. The third-order valence-corrected chi connectivity index (χ3v) is 5.67. The van der Waals surface area contributed by atoms with E-state index in [0.29, 0.717) is 26.0 Å². The molecule has 25 heavy (non-hydrogen) atoms. The van der Waals surface area contributed by atoms with E-state index in [1.54, 1.807) is 19.1 Å². The van der Waals surface area contributed by atoms with Crippen molar-refractivity contribution in [2.75, 3.05) is 40.4 Å². The highest BCUT2D eigenvalue weighted by Gasteiger charge is 2.56. The monoisotopic (exact) mass is 349 g/mol. The normalized spacial score (nSPS) is 21.0. The molecule has 0 aliphatic carbocycles. The molecule has 0 aromatic carbocycles. The van der Waals surface area contributed by atoms with Crippen LogP contribution in [0.2, 0.25) is 0 Å². The summed E-state index contributed by atoms with van der Waals surface area (Å²) in [6.07, 6.45) is 3.22. The zero-order chi connectivity index (χ0) is 18.2. The molecule has 2 saturated heterocycles. The molecule has 2 aliphatic heterocycles. The van der Waals surface area contributed by atoms with Crippen molar-refractivity contribution in [1.29, 1.82) is 0 Å². The summed E-state index contributed by atoms with van der Waals surface area (Å²) in [5.74, 6) is -0.0780. The third-order valence-electron chi connectivity index (χ3n) is 5.67. The molecule has 2 aliphatic rings. The van der Waals surface area contributed by atoms with Crippen LogP contribution in [-0.2, 0) is 23.1 Å². The molecule has 0 saturated carbocycles. The molecule has 0 bridgehead atoms. The number of aryl methyl sites for hydroxylation is 1. The summed E-state index contributed by atoms with van der Waals surface area (Å²) < 4.78 is 7.01. The highest BCUT2D eigenvalue weighted by Crippen LogP contribution is 2.36. The van der Waals surface area contributed by atoms with Crippen molar-refractivity contribution in [3.8, 4) is 0 Å². The molecule has 3 rings (SSSR count). The number of hydrogen-bond acceptors (Lipinski definition) is 5. The Morgan fingerprint density at radius 3 is 2.48 bits per heavy atom. The summed E-state index contributed by atoms with van der Waals surface area (Å²) in [6, 6.07) is -0.210. The molecule has 0 radical (unpaired) electrons. The average molecular weight is 349 g/mol. The minimum atomic E-state index is -0.704. The van der Waals surface area contributed by atoms with Crippen LogP contribution in [0.1, 0.15) is 24.1 Å². The summed E-state index contributed by atoms with van der Waals surface area (Å²) in [7, 11) is 5.12. The van der Waals surface area contributed by atoms with Crippen LogP contribution in [0.5, 0.6) is 0 Å². The van der Waals surface area contributed by atoms with Crippen LogP contribution in [-0.4, -0.2) is 82.4 Å². The molecular formula is C17H27N5O3. The van der Waals surface area contributed by atoms with Crippen LogP contribution in [0.3, 0.4) is 0 Å². The van der Waals surface area contributed by atoms with E-state index in [2.05, 4.69) is 16.9 Å². The number of hydrogen-bond donors (Lipinski definition) is 0. The second-order valence-electron chi connectivity index (χ2n) is 6.98. The molecule has 0 unspecified atom stereocenters. The number of imide groups is 1. The highest BCUT2D eigenvalue weighted by atomic mass is 16.5. The van der Waals surface area contributed by atoms with E-state index in [1.165, 1.54) is 10.5 Å². The zero-order valence-electron chi connectivity index (χ0n) is 15.5. The van der Waals surface area contributed by atoms with Crippen molar-refractivity contribution in [2.24, 2.45) is 7.05 Å². The number of carbonyl (C=O) groups is 2. The van der Waals surface area contributed by atoms with Crippen LogP contribution in [0.15, 0.2) is 6.20 Å². The number of rotatable bonds is 5. The second kappa shape index (κ2) is 6.76. The van der Waals surface area contributed by atoms with Crippen LogP contribution < -0.4 is 0 Å². The second-order valence-corrected chi connectivity index (χ2v) is 6.98. The predicted octanol–water partition coefficient (Wildman–Crippen LogP) is 0.604. The van der Waals surface area contributed by atoms with E-state index in [4.69, 9.17) is 4.74 Å². The first-order chi connectivity index (χ1) is 11.9. The maximum Gasteiger partial charge on any atom is 0.327 e. The number of likely N-dealkylation sites (N-methyl/N-ethyl adjacent to an activating group) is 1. The van der Waals surface area contributed by atoms with Gasteiger partial charge >= 0.3 is 6.03 Å². The molecule has 8 nitrogen and oxygen atoms in total. The minimum Gasteiger partial charge on any atom is -0.383 e. The Morgan fingerprint density at radius 2 is 1.92 bits per heavy atom. The summed E-state index contributed by atoms with van der Waals surface area (Å²) >= 11 is 0. The van der Waals surface area contributed by atoms with Crippen molar-refractivity contribution in [1.82, 2.24) is 24.5 Å².